The Labute approximate surface area is 230 Å². The van der Waals surface area contributed by atoms with Gasteiger partial charge in [-0.05, 0) is 37.5 Å². The lowest BCUT2D eigenvalue weighted by molar-refractivity contribution is -0.169. The summed E-state index contributed by atoms with van der Waals surface area (Å²) in [6.45, 7) is 18.2. The van der Waals surface area contributed by atoms with Crippen molar-refractivity contribution in [3.8, 4) is 0 Å². The molecule has 0 aliphatic heterocycles. The average Bonchev–Trinajstić information content (AvgIpc) is 2.85. The molecule has 1 aliphatic carbocycles. The highest BCUT2D eigenvalue weighted by Crippen LogP contribution is 2.43. The molecule has 2 N–H and O–H groups in total. The number of alkyl carbamates (subject to hydrolysis) is 1. The lowest BCUT2D eigenvalue weighted by Crippen LogP contribution is -2.55. The van der Waals surface area contributed by atoms with Gasteiger partial charge < -0.3 is 29.6 Å². The summed E-state index contributed by atoms with van der Waals surface area (Å²) in [6.07, 6.45) is 3.98. The van der Waals surface area contributed by atoms with Crippen LogP contribution in [0, 0.1) is 17.3 Å². The maximum absolute atomic E-state index is 12.9. The smallest absolute Gasteiger partial charge is 0.408 e. The first kappa shape index (κ1) is 33.4. The minimum atomic E-state index is -1.87. The summed E-state index contributed by atoms with van der Waals surface area (Å²) in [6, 6.07) is 0. The normalized spacial score (nSPS) is 20.1. The molecule has 1 aliphatic rings. The number of carbonyl (C=O) groups is 5. The Morgan fingerprint density at radius 1 is 0.872 bits per heavy atom. The van der Waals surface area contributed by atoms with E-state index in [4.69, 9.17) is 18.9 Å². The van der Waals surface area contributed by atoms with Crippen molar-refractivity contribution in [3.63, 3.8) is 0 Å². The maximum atomic E-state index is 12.9. The summed E-state index contributed by atoms with van der Waals surface area (Å²) in [7, 11) is 0. The zero-order valence-corrected chi connectivity index (χ0v) is 23.6. The van der Waals surface area contributed by atoms with Gasteiger partial charge in [0.05, 0.1) is 0 Å². The van der Waals surface area contributed by atoms with E-state index in [0.29, 0.717) is 6.42 Å². The molecule has 2 atom stereocenters. The first-order valence-corrected chi connectivity index (χ1v) is 12.7. The molecule has 39 heavy (non-hydrogen) atoms. The van der Waals surface area contributed by atoms with E-state index in [-0.39, 0.29) is 29.7 Å². The number of esters is 3. The average molecular weight is 551 g/mol. The Morgan fingerprint density at radius 3 is 1.74 bits per heavy atom. The summed E-state index contributed by atoms with van der Waals surface area (Å²) < 4.78 is 20.7. The lowest BCUT2D eigenvalue weighted by Gasteiger charge is -2.47. The molecule has 1 rings (SSSR count). The minimum absolute atomic E-state index is 0.00365. The molecule has 0 radical (unpaired) electrons. The standard InChI is InChI=1S/C28H42N2O9/c1-9-21(31)36-16-28(17-37-22(32)10-2,18-38-23(33)11-3)39-25(35)29-14-20-12-26(6,7)15-27(8,13-20)30-24(34)19(4)5/h9-11,19-20H,1-3,12-18H2,4-8H3,(H,29,35)(H,30,34). The first-order chi connectivity index (χ1) is 18.1. The summed E-state index contributed by atoms with van der Waals surface area (Å²) in [5.41, 5.74) is -2.43. The number of carbonyl (C=O) groups excluding carboxylic acids is 5. The number of nitrogens with one attached hydrogen (secondary N) is 2. The first-order valence-electron chi connectivity index (χ1n) is 12.7. The SMILES string of the molecule is C=CC(=O)OCC(COC(=O)C=C)(COC(=O)C=C)OC(=O)NCC1CC(C)(C)CC(C)(NC(=O)C(C)C)C1. The van der Waals surface area contributed by atoms with Crippen molar-refractivity contribution in [3.05, 3.63) is 38.0 Å². The van der Waals surface area contributed by atoms with Crippen LogP contribution in [0.1, 0.15) is 53.9 Å². The van der Waals surface area contributed by atoms with Crippen molar-refractivity contribution in [2.75, 3.05) is 26.4 Å². The number of hydrogen-bond acceptors (Lipinski definition) is 9. The zero-order valence-electron chi connectivity index (χ0n) is 23.6. The zero-order chi connectivity index (χ0) is 29.9. The lowest BCUT2D eigenvalue weighted by atomic mass is 9.64. The number of rotatable bonds is 14. The minimum Gasteiger partial charge on any atom is -0.458 e. The van der Waals surface area contributed by atoms with Crippen LogP contribution in [0.15, 0.2) is 38.0 Å². The van der Waals surface area contributed by atoms with Crippen LogP contribution in [0.2, 0.25) is 0 Å². The van der Waals surface area contributed by atoms with E-state index in [1.807, 2.05) is 20.8 Å². The van der Waals surface area contributed by atoms with Gasteiger partial charge in [0.1, 0.15) is 19.8 Å². The molecule has 2 unspecified atom stereocenters. The van der Waals surface area contributed by atoms with Gasteiger partial charge in [-0.25, -0.2) is 19.2 Å². The third-order valence-electron chi connectivity index (χ3n) is 6.18. The second-order valence-corrected chi connectivity index (χ2v) is 11.2. The van der Waals surface area contributed by atoms with Crippen LogP contribution in [-0.2, 0) is 38.1 Å². The van der Waals surface area contributed by atoms with E-state index < -0.39 is 55.0 Å². The van der Waals surface area contributed by atoms with Gasteiger partial charge in [0.25, 0.3) is 0 Å². The molecule has 0 saturated heterocycles. The highest BCUT2D eigenvalue weighted by atomic mass is 16.6. The monoisotopic (exact) mass is 550 g/mol. The molecule has 0 heterocycles. The predicted molar refractivity (Wildman–Crippen MR) is 143 cm³/mol. The molecule has 0 spiro atoms. The molecular weight excluding hydrogens is 508 g/mol. The fraction of sp³-hybridized carbons (Fsp3) is 0.607. The van der Waals surface area contributed by atoms with Crippen LogP contribution in [0.5, 0.6) is 0 Å². The van der Waals surface area contributed by atoms with E-state index in [0.717, 1.165) is 31.1 Å². The van der Waals surface area contributed by atoms with Crippen LogP contribution < -0.4 is 10.6 Å². The Kier molecular flexibility index (Phi) is 12.4. The molecule has 2 amide bonds. The van der Waals surface area contributed by atoms with E-state index in [1.165, 1.54) is 0 Å². The van der Waals surface area contributed by atoms with Crippen LogP contribution in [-0.4, -0.2) is 67.4 Å². The van der Waals surface area contributed by atoms with Gasteiger partial charge in [-0.2, -0.15) is 0 Å². The van der Waals surface area contributed by atoms with Crippen molar-refractivity contribution in [1.82, 2.24) is 10.6 Å². The van der Waals surface area contributed by atoms with Crippen molar-refractivity contribution in [2.45, 2.75) is 65.0 Å². The number of amides is 2. The van der Waals surface area contributed by atoms with Gasteiger partial charge in [-0.3, -0.25) is 4.79 Å². The fourth-order valence-corrected chi connectivity index (χ4v) is 4.83. The largest absolute Gasteiger partial charge is 0.458 e. The Bertz CT molecular complexity index is 897. The van der Waals surface area contributed by atoms with Gasteiger partial charge in [0, 0.05) is 36.2 Å². The van der Waals surface area contributed by atoms with Gasteiger partial charge in [0.15, 0.2) is 0 Å². The Balaban J connectivity index is 3.06. The fourth-order valence-electron chi connectivity index (χ4n) is 4.83. The van der Waals surface area contributed by atoms with E-state index in [2.05, 4.69) is 44.2 Å². The quantitative estimate of drug-likeness (QED) is 0.189. The van der Waals surface area contributed by atoms with Gasteiger partial charge in [0.2, 0.25) is 11.5 Å². The summed E-state index contributed by atoms with van der Waals surface area (Å²) >= 11 is 0. The molecule has 0 aromatic heterocycles. The molecule has 11 heteroatoms. The van der Waals surface area contributed by atoms with E-state index >= 15 is 0 Å². The summed E-state index contributed by atoms with van der Waals surface area (Å²) in [5.74, 6) is -2.69. The Hall–Kier alpha value is -3.63. The van der Waals surface area contributed by atoms with Crippen molar-refractivity contribution >= 4 is 29.9 Å². The third-order valence-corrected chi connectivity index (χ3v) is 6.18. The van der Waals surface area contributed by atoms with Crippen molar-refractivity contribution in [2.24, 2.45) is 17.3 Å². The molecule has 1 fully saturated rings. The third kappa shape index (κ3) is 11.7. The van der Waals surface area contributed by atoms with Gasteiger partial charge >= 0.3 is 24.0 Å². The molecule has 1 saturated carbocycles. The van der Waals surface area contributed by atoms with Crippen LogP contribution in [0.3, 0.4) is 0 Å². The highest BCUT2D eigenvalue weighted by Gasteiger charge is 2.43. The second kappa shape index (κ2) is 14.5. The van der Waals surface area contributed by atoms with Crippen LogP contribution in [0.25, 0.3) is 0 Å². The second-order valence-electron chi connectivity index (χ2n) is 11.2. The molecule has 0 aromatic carbocycles. The topological polar surface area (TPSA) is 146 Å². The number of ether oxygens (including phenoxy) is 4. The van der Waals surface area contributed by atoms with E-state index in [9.17, 15) is 24.0 Å². The number of hydrogen-bond donors (Lipinski definition) is 2. The van der Waals surface area contributed by atoms with Crippen LogP contribution in [0.4, 0.5) is 4.79 Å². The molecule has 0 aromatic rings. The predicted octanol–water partition coefficient (Wildman–Crippen LogP) is 3.00. The van der Waals surface area contributed by atoms with Crippen molar-refractivity contribution < 1.29 is 42.9 Å². The summed E-state index contributed by atoms with van der Waals surface area (Å²) in [4.78, 5) is 60.6. The van der Waals surface area contributed by atoms with Gasteiger partial charge in [-0.1, -0.05) is 47.4 Å². The van der Waals surface area contributed by atoms with Gasteiger partial charge in [-0.15, -0.1) is 0 Å². The molecule has 0 bridgehead atoms. The van der Waals surface area contributed by atoms with Crippen LogP contribution >= 0.6 is 0 Å². The Morgan fingerprint density at radius 2 is 1.33 bits per heavy atom. The highest BCUT2D eigenvalue weighted by molar-refractivity contribution is 5.82. The van der Waals surface area contributed by atoms with E-state index in [1.54, 1.807) is 0 Å². The maximum Gasteiger partial charge on any atom is 0.408 e. The molecule has 11 nitrogen and oxygen atoms in total. The summed E-state index contributed by atoms with van der Waals surface area (Å²) in [5, 5.41) is 5.86. The molecule has 218 valence electrons. The van der Waals surface area contributed by atoms with Crippen molar-refractivity contribution in [1.29, 1.82) is 0 Å². The molecular formula is C28H42N2O9.